The van der Waals surface area contributed by atoms with Crippen molar-refractivity contribution in [3.05, 3.63) is 60.2 Å². The van der Waals surface area contributed by atoms with E-state index >= 15 is 0 Å². The lowest BCUT2D eigenvalue weighted by Gasteiger charge is -2.20. The van der Waals surface area contributed by atoms with Crippen LogP contribution < -0.4 is 0 Å². The number of carbonyl (C=O) groups is 2. The first-order valence-electron chi connectivity index (χ1n) is 7.70. The third-order valence-electron chi connectivity index (χ3n) is 4.07. The van der Waals surface area contributed by atoms with Crippen molar-refractivity contribution >= 4 is 11.7 Å². The third kappa shape index (κ3) is 3.25. The molecule has 0 N–H and O–H groups in total. The topological polar surface area (TPSA) is 37.4 Å². The van der Waals surface area contributed by atoms with E-state index in [0.29, 0.717) is 31.5 Å². The Kier molecular flexibility index (Phi) is 4.33. The Morgan fingerprint density at radius 3 is 2.23 bits per heavy atom. The first-order valence-corrected chi connectivity index (χ1v) is 7.70. The van der Waals surface area contributed by atoms with Crippen LogP contribution in [0.2, 0.25) is 0 Å². The smallest absolute Gasteiger partial charge is 0.253 e. The molecular formula is C19H19NO2. The van der Waals surface area contributed by atoms with Gasteiger partial charge in [-0.1, -0.05) is 42.5 Å². The molecule has 0 spiro atoms. The molecule has 1 heterocycles. The summed E-state index contributed by atoms with van der Waals surface area (Å²) in [4.78, 5) is 25.8. The van der Waals surface area contributed by atoms with Gasteiger partial charge in [-0.2, -0.15) is 0 Å². The molecule has 0 aliphatic carbocycles. The van der Waals surface area contributed by atoms with Gasteiger partial charge in [-0.15, -0.1) is 0 Å². The monoisotopic (exact) mass is 293 g/mol. The summed E-state index contributed by atoms with van der Waals surface area (Å²) in [5.41, 5.74) is 2.93. The second-order valence-electron chi connectivity index (χ2n) is 5.63. The molecule has 2 aromatic carbocycles. The molecule has 3 nitrogen and oxygen atoms in total. The van der Waals surface area contributed by atoms with Gasteiger partial charge < -0.3 is 4.90 Å². The van der Waals surface area contributed by atoms with Crippen LogP contribution in [-0.2, 0) is 4.79 Å². The van der Waals surface area contributed by atoms with Gasteiger partial charge in [0.2, 0.25) is 0 Å². The van der Waals surface area contributed by atoms with Crippen molar-refractivity contribution < 1.29 is 9.59 Å². The quantitative estimate of drug-likeness (QED) is 0.849. The van der Waals surface area contributed by atoms with Crippen LogP contribution in [0.4, 0.5) is 0 Å². The Balaban J connectivity index is 1.75. The zero-order chi connectivity index (χ0) is 15.4. The minimum atomic E-state index is 0.0225. The number of benzene rings is 2. The molecule has 1 aliphatic rings. The second-order valence-corrected chi connectivity index (χ2v) is 5.63. The van der Waals surface area contributed by atoms with E-state index in [9.17, 15) is 9.59 Å². The van der Waals surface area contributed by atoms with Crippen molar-refractivity contribution in [1.29, 1.82) is 0 Å². The van der Waals surface area contributed by atoms with Crippen molar-refractivity contribution in [2.75, 3.05) is 13.1 Å². The maximum Gasteiger partial charge on any atom is 0.253 e. The summed E-state index contributed by atoms with van der Waals surface area (Å²) >= 11 is 0. The van der Waals surface area contributed by atoms with Crippen molar-refractivity contribution in [3.8, 4) is 11.1 Å². The molecule has 0 saturated carbocycles. The molecule has 0 unspecified atom stereocenters. The van der Waals surface area contributed by atoms with Gasteiger partial charge in [-0.05, 0) is 29.7 Å². The van der Waals surface area contributed by atoms with Gasteiger partial charge in [0.25, 0.3) is 5.91 Å². The fourth-order valence-corrected chi connectivity index (χ4v) is 2.79. The lowest BCUT2D eigenvalue weighted by molar-refractivity contribution is -0.118. The summed E-state index contributed by atoms with van der Waals surface area (Å²) in [5.74, 6) is 0.282. The van der Waals surface area contributed by atoms with Gasteiger partial charge in [-0.3, -0.25) is 9.59 Å². The molecular weight excluding hydrogens is 274 g/mol. The molecule has 0 radical (unpaired) electrons. The number of amides is 1. The van der Waals surface area contributed by atoms with E-state index in [4.69, 9.17) is 0 Å². The van der Waals surface area contributed by atoms with Crippen LogP contribution >= 0.6 is 0 Å². The lowest BCUT2D eigenvalue weighted by Crippen LogP contribution is -2.32. The molecule has 3 heteroatoms. The van der Waals surface area contributed by atoms with Crippen LogP contribution in [0.5, 0.6) is 0 Å². The minimum Gasteiger partial charge on any atom is -0.338 e. The fourth-order valence-electron chi connectivity index (χ4n) is 2.79. The number of likely N-dealkylation sites (tertiary alicyclic amines) is 1. The molecule has 1 amide bonds. The number of Topliss-reactive ketones (excluding diaryl/α,β-unsaturated/α-hetero) is 1. The van der Waals surface area contributed by atoms with Gasteiger partial charge in [0.1, 0.15) is 5.78 Å². The van der Waals surface area contributed by atoms with E-state index in [1.165, 1.54) is 0 Å². The summed E-state index contributed by atoms with van der Waals surface area (Å²) in [6.45, 7) is 1.21. The molecule has 1 saturated heterocycles. The average Bonchev–Trinajstić information content (AvgIpc) is 2.80. The number of rotatable bonds is 2. The summed E-state index contributed by atoms with van der Waals surface area (Å²) in [7, 11) is 0. The van der Waals surface area contributed by atoms with E-state index in [1.807, 2.05) is 42.5 Å². The third-order valence-corrected chi connectivity index (χ3v) is 4.07. The zero-order valence-corrected chi connectivity index (χ0v) is 12.5. The summed E-state index contributed by atoms with van der Waals surface area (Å²) in [6.07, 6.45) is 1.84. The van der Waals surface area contributed by atoms with Crippen molar-refractivity contribution in [2.45, 2.75) is 19.3 Å². The van der Waals surface area contributed by atoms with Gasteiger partial charge in [-0.25, -0.2) is 0 Å². The molecule has 3 rings (SSSR count). The highest BCUT2D eigenvalue weighted by Crippen LogP contribution is 2.20. The number of carbonyl (C=O) groups excluding carboxylic acids is 2. The van der Waals surface area contributed by atoms with Gasteiger partial charge in [0.05, 0.1) is 0 Å². The van der Waals surface area contributed by atoms with E-state index in [1.54, 1.807) is 4.90 Å². The first-order chi connectivity index (χ1) is 10.7. The Morgan fingerprint density at radius 2 is 1.50 bits per heavy atom. The van der Waals surface area contributed by atoms with E-state index in [-0.39, 0.29) is 11.7 Å². The maximum atomic E-state index is 12.5. The normalized spacial score (nSPS) is 15.5. The van der Waals surface area contributed by atoms with Crippen LogP contribution in [0.1, 0.15) is 29.6 Å². The standard InChI is InChI=1S/C19H19NO2/c21-18-7-4-13-20(14-12-18)19(22)17-10-8-16(9-11-17)15-5-2-1-3-6-15/h1-3,5-6,8-11H,4,7,12-14H2. The van der Waals surface area contributed by atoms with Crippen LogP contribution in [0, 0.1) is 0 Å². The molecule has 22 heavy (non-hydrogen) atoms. The van der Waals surface area contributed by atoms with Crippen LogP contribution in [0.15, 0.2) is 54.6 Å². The maximum absolute atomic E-state index is 12.5. The van der Waals surface area contributed by atoms with E-state index in [0.717, 1.165) is 17.5 Å². The highest BCUT2D eigenvalue weighted by molar-refractivity contribution is 5.95. The van der Waals surface area contributed by atoms with Crippen molar-refractivity contribution in [2.24, 2.45) is 0 Å². The van der Waals surface area contributed by atoms with Gasteiger partial charge >= 0.3 is 0 Å². The summed E-state index contributed by atoms with van der Waals surface area (Å²) in [5, 5.41) is 0. The second kappa shape index (κ2) is 6.56. The van der Waals surface area contributed by atoms with Crippen LogP contribution in [-0.4, -0.2) is 29.7 Å². The van der Waals surface area contributed by atoms with Crippen LogP contribution in [0.3, 0.4) is 0 Å². The number of ketones is 1. The van der Waals surface area contributed by atoms with Gasteiger partial charge in [0, 0.05) is 31.5 Å². The molecule has 2 aromatic rings. The zero-order valence-electron chi connectivity index (χ0n) is 12.5. The van der Waals surface area contributed by atoms with E-state index < -0.39 is 0 Å². The highest BCUT2D eigenvalue weighted by Gasteiger charge is 2.19. The Bertz CT molecular complexity index is 662. The Morgan fingerprint density at radius 1 is 0.818 bits per heavy atom. The minimum absolute atomic E-state index is 0.0225. The first kappa shape index (κ1) is 14.5. The molecule has 1 aliphatic heterocycles. The molecule has 1 fully saturated rings. The number of nitrogens with zero attached hydrogens (tertiary/aromatic N) is 1. The number of hydrogen-bond donors (Lipinski definition) is 0. The molecule has 0 atom stereocenters. The van der Waals surface area contributed by atoms with Gasteiger partial charge in [0.15, 0.2) is 0 Å². The average molecular weight is 293 g/mol. The largest absolute Gasteiger partial charge is 0.338 e. The van der Waals surface area contributed by atoms with Crippen LogP contribution in [0.25, 0.3) is 11.1 Å². The molecule has 112 valence electrons. The SMILES string of the molecule is O=C1CCCN(C(=O)c2ccc(-c3ccccc3)cc2)CC1. The fraction of sp³-hybridized carbons (Fsp3) is 0.263. The molecule has 0 aromatic heterocycles. The van der Waals surface area contributed by atoms with Crippen molar-refractivity contribution in [3.63, 3.8) is 0 Å². The van der Waals surface area contributed by atoms with Crippen molar-refractivity contribution in [1.82, 2.24) is 4.90 Å². The number of hydrogen-bond acceptors (Lipinski definition) is 2. The lowest BCUT2D eigenvalue weighted by atomic mass is 10.0. The summed E-state index contributed by atoms with van der Waals surface area (Å²) < 4.78 is 0. The predicted octanol–water partition coefficient (Wildman–Crippen LogP) is 3.55. The summed E-state index contributed by atoms with van der Waals surface area (Å²) in [6, 6.07) is 17.8. The highest BCUT2D eigenvalue weighted by atomic mass is 16.2. The van der Waals surface area contributed by atoms with E-state index in [2.05, 4.69) is 12.1 Å². The Labute approximate surface area is 130 Å². The molecule has 0 bridgehead atoms. The Hall–Kier alpha value is -2.42. The predicted molar refractivity (Wildman–Crippen MR) is 86.6 cm³/mol.